The van der Waals surface area contributed by atoms with Crippen molar-refractivity contribution in [3.8, 4) is 0 Å². The van der Waals surface area contributed by atoms with Gasteiger partial charge >= 0.3 is 0 Å². The lowest BCUT2D eigenvalue weighted by Crippen LogP contribution is -2.61. The number of thiophene rings is 1. The molecule has 0 saturated heterocycles. The zero-order valence-corrected chi connectivity index (χ0v) is 40.5. The molecule has 6 aromatic rings. The zero-order chi connectivity index (χ0) is 43.4. The Bertz CT molecular complexity index is 2700. The maximum atomic E-state index is 2.74. The smallest absolute Gasteiger partial charge is 0.264 e. The molecule has 2 aliphatic heterocycles. The van der Waals surface area contributed by atoms with Gasteiger partial charge in [-0.05, 0) is 144 Å². The van der Waals surface area contributed by atoms with Crippen LogP contribution in [0.2, 0.25) is 0 Å². The third-order valence-electron chi connectivity index (χ3n) is 14.0. The molecule has 0 radical (unpaired) electrons. The third-order valence-corrected chi connectivity index (χ3v) is 15.2. The van der Waals surface area contributed by atoms with Crippen LogP contribution in [0.25, 0.3) is 10.1 Å². The molecular weight excluding hydrogens is 744 g/mol. The number of aryl methyl sites for hydroxylation is 1. The second-order valence-corrected chi connectivity index (χ2v) is 25.1. The zero-order valence-electron chi connectivity index (χ0n) is 39.7. The molecule has 0 spiro atoms. The summed E-state index contributed by atoms with van der Waals surface area (Å²) in [6.45, 7) is 40.5. The maximum Gasteiger partial charge on any atom is 0.264 e. The Hall–Kier alpha value is -4.28. The van der Waals surface area contributed by atoms with E-state index in [1.54, 1.807) is 0 Å². The molecule has 60 heavy (non-hydrogen) atoms. The molecule has 0 bridgehead atoms. The van der Waals surface area contributed by atoms with Gasteiger partial charge in [0.1, 0.15) is 0 Å². The van der Waals surface area contributed by atoms with Gasteiger partial charge in [-0.25, -0.2) is 0 Å². The monoisotopic (exact) mass is 811 g/mol. The van der Waals surface area contributed by atoms with Crippen molar-refractivity contribution in [3.05, 3.63) is 124 Å². The summed E-state index contributed by atoms with van der Waals surface area (Å²) in [5, 5.41) is 1.36. The summed E-state index contributed by atoms with van der Waals surface area (Å²) >= 11 is 2.01. The van der Waals surface area contributed by atoms with Crippen molar-refractivity contribution >= 4 is 78.0 Å². The molecule has 0 atom stereocenters. The summed E-state index contributed by atoms with van der Waals surface area (Å²) < 4.78 is 2.80. The lowest BCUT2D eigenvalue weighted by molar-refractivity contribution is 0.403. The highest BCUT2D eigenvalue weighted by molar-refractivity contribution is 7.33. The van der Waals surface area contributed by atoms with E-state index in [0.29, 0.717) is 0 Å². The SMILES string of the molecule is Cc1cc2c3c(c1)N(c1ccc(C(C)(C)C)cc1)c1c(sc4ccc(C(C)(C)C)cc14)B3c1ccc3c(c1N2c1cc(C(C)(C)C)cc(C(C)(C)C)c1)C(C)(C)CC3(C)C. The Balaban J connectivity index is 1.45. The number of rotatable bonds is 2. The minimum atomic E-state index is -0.0169. The molecule has 0 unspecified atom stereocenters. The van der Waals surface area contributed by atoms with E-state index < -0.39 is 0 Å². The molecule has 1 aromatic heterocycles. The van der Waals surface area contributed by atoms with Crippen molar-refractivity contribution in [3.63, 3.8) is 0 Å². The predicted octanol–water partition coefficient (Wildman–Crippen LogP) is 14.4. The summed E-state index contributed by atoms with van der Waals surface area (Å²) in [6.07, 6.45) is 1.12. The van der Waals surface area contributed by atoms with Crippen molar-refractivity contribution in [1.29, 1.82) is 0 Å². The first-order valence-electron chi connectivity index (χ1n) is 22.4. The van der Waals surface area contributed by atoms with Crippen LogP contribution in [0.1, 0.15) is 156 Å². The number of fused-ring (bicyclic) bond motifs is 8. The molecule has 1 aliphatic carbocycles. The van der Waals surface area contributed by atoms with Gasteiger partial charge in [0, 0.05) is 43.3 Å². The molecule has 3 aliphatic rings. The predicted molar refractivity (Wildman–Crippen MR) is 266 cm³/mol. The van der Waals surface area contributed by atoms with E-state index in [9.17, 15) is 0 Å². The molecule has 0 amide bonds. The van der Waals surface area contributed by atoms with Crippen molar-refractivity contribution in [2.45, 2.75) is 157 Å². The van der Waals surface area contributed by atoms with Gasteiger partial charge in [-0.3, -0.25) is 0 Å². The van der Waals surface area contributed by atoms with Gasteiger partial charge < -0.3 is 9.80 Å². The van der Waals surface area contributed by atoms with Crippen molar-refractivity contribution in [1.82, 2.24) is 0 Å². The fourth-order valence-electron chi connectivity index (χ4n) is 11.0. The summed E-state index contributed by atoms with van der Waals surface area (Å²) in [4.78, 5) is 5.38. The average Bonchev–Trinajstić information content (AvgIpc) is 3.59. The number of hydrogen-bond donors (Lipinski definition) is 0. The normalized spacial score (nSPS) is 16.9. The quantitative estimate of drug-likeness (QED) is 0.161. The van der Waals surface area contributed by atoms with Gasteiger partial charge in [0.2, 0.25) is 0 Å². The van der Waals surface area contributed by atoms with Gasteiger partial charge in [-0.1, -0.05) is 147 Å². The van der Waals surface area contributed by atoms with E-state index in [-0.39, 0.29) is 39.2 Å². The highest BCUT2D eigenvalue weighted by Gasteiger charge is 2.51. The van der Waals surface area contributed by atoms with E-state index in [2.05, 4.69) is 212 Å². The molecule has 3 heterocycles. The second kappa shape index (κ2) is 12.9. The fourth-order valence-corrected chi connectivity index (χ4v) is 12.3. The van der Waals surface area contributed by atoms with Crippen LogP contribution in [0.4, 0.5) is 34.1 Å². The minimum absolute atomic E-state index is 0.0127. The lowest BCUT2D eigenvalue weighted by atomic mass is 9.35. The Morgan fingerprint density at radius 2 is 1.07 bits per heavy atom. The first-order valence-corrected chi connectivity index (χ1v) is 23.2. The van der Waals surface area contributed by atoms with E-state index >= 15 is 0 Å². The van der Waals surface area contributed by atoms with Crippen LogP contribution in [0.5, 0.6) is 0 Å². The van der Waals surface area contributed by atoms with Gasteiger partial charge in [-0.15, -0.1) is 11.3 Å². The van der Waals surface area contributed by atoms with Gasteiger partial charge in [0.05, 0.1) is 5.69 Å². The summed E-state index contributed by atoms with van der Waals surface area (Å²) in [5.41, 5.74) is 20.6. The first-order chi connectivity index (χ1) is 27.7. The Labute approximate surface area is 366 Å². The minimum Gasteiger partial charge on any atom is -0.311 e. The largest absolute Gasteiger partial charge is 0.311 e. The molecule has 5 aromatic carbocycles. The van der Waals surface area contributed by atoms with Gasteiger partial charge in [-0.2, -0.15) is 0 Å². The Kier molecular flexibility index (Phi) is 8.82. The molecule has 0 N–H and O–H groups in total. The van der Waals surface area contributed by atoms with Gasteiger partial charge in [0.15, 0.2) is 0 Å². The van der Waals surface area contributed by atoms with Crippen LogP contribution in [0.15, 0.2) is 84.9 Å². The van der Waals surface area contributed by atoms with Gasteiger partial charge in [0.25, 0.3) is 6.71 Å². The van der Waals surface area contributed by atoms with Crippen LogP contribution in [0, 0.1) is 6.92 Å². The molecular formula is C56H67BN2S. The van der Waals surface area contributed by atoms with Crippen LogP contribution >= 0.6 is 11.3 Å². The number of hydrogen-bond acceptors (Lipinski definition) is 3. The highest BCUT2D eigenvalue weighted by atomic mass is 32.1. The molecule has 0 fully saturated rings. The second-order valence-electron chi connectivity index (χ2n) is 24.0. The van der Waals surface area contributed by atoms with Crippen molar-refractivity contribution in [2.24, 2.45) is 0 Å². The summed E-state index contributed by atoms with van der Waals surface area (Å²) in [7, 11) is 0. The van der Waals surface area contributed by atoms with Crippen LogP contribution < -0.4 is 25.5 Å². The van der Waals surface area contributed by atoms with E-state index in [0.717, 1.165) is 6.42 Å². The molecule has 310 valence electrons. The Morgan fingerprint density at radius 1 is 0.533 bits per heavy atom. The first kappa shape index (κ1) is 41.1. The van der Waals surface area contributed by atoms with Crippen molar-refractivity contribution in [2.75, 3.05) is 9.80 Å². The van der Waals surface area contributed by atoms with Crippen molar-refractivity contribution < 1.29 is 0 Å². The van der Waals surface area contributed by atoms with Crippen LogP contribution in [-0.2, 0) is 32.5 Å². The number of anilines is 6. The third kappa shape index (κ3) is 6.32. The summed E-state index contributed by atoms with van der Waals surface area (Å²) in [5.74, 6) is 0. The van der Waals surface area contributed by atoms with E-state index in [4.69, 9.17) is 0 Å². The van der Waals surface area contributed by atoms with E-state index in [1.807, 2.05) is 11.3 Å². The maximum absolute atomic E-state index is 2.74. The number of benzene rings is 5. The standard InChI is InChI=1S/C56H67BN2S/c1-33-26-43-47-44(27-33)59(39-29-36(53(8,9)10)28-37(30-39)54(11,12)13)49-42(24-23-41-46(49)56(16,17)32-55(41,14)15)57(47)50-48(40-31-35(52(5,6)7)20-25-45(40)60-50)58(43)38-21-18-34(19-22-38)51(2,3)4/h18-31H,32H2,1-17H3. The van der Waals surface area contributed by atoms with E-state index in [1.165, 1.54) is 98.9 Å². The van der Waals surface area contributed by atoms with Crippen LogP contribution in [0.3, 0.4) is 0 Å². The molecule has 0 saturated carbocycles. The Morgan fingerprint density at radius 3 is 1.62 bits per heavy atom. The highest BCUT2D eigenvalue weighted by Crippen LogP contribution is 2.57. The topological polar surface area (TPSA) is 6.48 Å². The average molecular weight is 811 g/mol. The molecule has 2 nitrogen and oxygen atoms in total. The van der Waals surface area contributed by atoms with Crippen LogP contribution in [-0.4, -0.2) is 6.71 Å². The molecule has 9 rings (SSSR count). The lowest BCUT2D eigenvalue weighted by Gasteiger charge is -2.45. The number of nitrogens with zero attached hydrogens (tertiary/aromatic N) is 2. The fraction of sp³-hybridized carbons (Fsp3) is 0.429. The summed E-state index contributed by atoms with van der Waals surface area (Å²) in [6, 6.07) is 34.4. The molecule has 4 heteroatoms.